The van der Waals surface area contributed by atoms with Crippen molar-refractivity contribution < 1.29 is 32.2 Å². The summed E-state index contributed by atoms with van der Waals surface area (Å²) < 4.78 is 45.9. The number of fused-ring (bicyclic) bond motifs is 1. The maximum absolute atomic E-state index is 14.3. The number of benzene rings is 3. The van der Waals surface area contributed by atoms with Crippen LogP contribution in [0.4, 0.5) is 5.69 Å². The number of methoxy groups -OCH3 is 1. The predicted molar refractivity (Wildman–Crippen MR) is 164 cm³/mol. The average Bonchev–Trinajstić information content (AvgIpc) is 3.03. The van der Waals surface area contributed by atoms with Crippen LogP contribution >= 0.6 is 0 Å². The van der Waals surface area contributed by atoms with E-state index in [1.165, 1.54) is 17.0 Å². The summed E-state index contributed by atoms with van der Waals surface area (Å²) in [6, 6.07) is 19.0. The van der Waals surface area contributed by atoms with Crippen molar-refractivity contribution >= 4 is 27.5 Å². The third-order valence-electron chi connectivity index (χ3n) is 7.30. The van der Waals surface area contributed by atoms with E-state index in [4.69, 9.17) is 14.2 Å². The molecule has 0 fully saturated rings. The number of nitrogens with zero attached hydrogens (tertiary/aromatic N) is 2. The number of carbonyl (C=O) groups excluding carboxylic acids is 2. The largest absolute Gasteiger partial charge is 0.497 e. The Morgan fingerprint density at radius 1 is 0.930 bits per heavy atom. The molecule has 0 saturated carbocycles. The van der Waals surface area contributed by atoms with E-state index in [9.17, 15) is 18.0 Å². The minimum absolute atomic E-state index is 0.0265. The normalized spacial score (nSPS) is 13.9. The minimum atomic E-state index is -4.20. The number of sulfonamides is 1. The lowest BCUT2D eigenvalue weighted by molar-refractivity contribution is -0.140. The third-order valence-corrected chi connectivity index (χ3v) is 9.09. The van der Waals surface area contributed by atoms with Crippen molar-refractivity contribution in [1.82, 2.24) is 10.2 Å². The van der Waals surface area contributed by atoms with Gasteiger partial charge in [0.2, 0.25) is 11.8 Å². The molecular weight excluding hydrogens is 570 g/mol. The monoisotopic (exact) mass is 609 g/mol. The highest BCUT2D eigenvalue weighted by atomic mass is 32.2. The topological polar surface area (TPSA) is 114 Å². The van der Waals surface area contributed by atoms with Gasteiger partial charge in [0.05, 0.1) is 17.7 Å². The van der Waals surface area contributed by atoms with Crippen LogP contribution in [-0.4, -0.2) is 64.1 Å². The Labute approximate surface area is 253 Å². The number of amides is 2. The van der Waals surface area contributed by atoms with Crippen LogP contribution < -0.4 is 23.8 Å². The standard InChI is InChI=1S/C32H39N3O7S/c1-5-23(3)33-32(37)28(6-2)34(21-24-11-10-12-26(19-24)40-4)31(36)22-35(43(38,39)27-13-8-7-9-14-27)25-15-16-29-30(20-25)42-18-17-41-29/h7-16,19-20,23,28H,5-6,17-18,21-22H2,1-4H3,(H,33,37)/t23-,28+/m1/s1. The lowest BCUT2D eigenvalue weighted by Crippen LogP contribution is -2.53. The van der Waals surface area contributed by atoms with E-state index < -0.39 is 28.5 Å². The number of hydrogen-bond donors (Lipinski definition) is 1. The Kier molecular flexibility index (Phi) is 10.5. The van der Waals surface area contributed by atoms with E-state index in [1.807, 2.05) is 26.8 Å². The number of carbonyl (C=O) groups is 2. The Bertz CT molecular complexity index is 1510. The molecule has 43 heavy (non-hydrogen) atoms. The Morgan fingerprint density at radius 2 is 1.65 bits per heavy atom. The molecule has 3 aromatic carbocycles. The molecule has 2 atom stereocenters. The fourth-order valence-corrected chi connectivity index (χ4v) is 6.19. The van der Waals surface area contributed by atoms with E-state index >= 15 is 0 Å². The van der Waals surface area contributed by atoms with Gasteiger partial charge in [0.25, 0.3) is 10.0 Å². The van der Waals surface area contributed by atoms with Crippen LogP contribution in [0.15, 0.2) is 77.7 Å². The summed E-state index contributed by atoms with van der Waals surface area (Å²) in [6.45, 7) is 5.91. The molecule has 1 aliphatic heterocycles. The summed E-state index contributed by atoms with van der Waals surface area (Å²) in [5.41, 5.74) is 0.971. The van der Waals surface area contributed by atoms with E-state index in [0.29, 0.717) is 36.9 Å². The Morgan fingerprint density at radius 3 is 2.33 bits per heavy atom. The highest BCUT2D eigenvalue weighted by Gasteiger charge is 2.34. The van der Waals surface area contributed by atoms with Gasteiger partial charge >= 0.3 is 0 Å². The maximum Gasteiger partial charge on any atom is 0.264 e. The van der Waals surface area contributed by atoms with E-state index in [0.717, 1.165) is 16.3 Å². The first-order valence-corrected chi connectivity index (χ1v) is 15.8. The highest BCUT2D eigenvalue weighted by molar-refractivity contribution is 7.92. The molecule has 0 aromatic heterocycles. The van der Waals surface area contributed by atoms with Gasteiger partial charge in [-0.25, -0.2) is 8.42 Å². The molecule has 0 bridgehead atoms. The zero-order valence-electron chi connectivity index (χ0n) is 25.0. The smallest absolute Gasteiger partial charge is 0.264 e. The second-order valence-corrected chi connectivity index (χ2v) is 12.1. The number of nitrogens with one attached hydrogen (secondary N) is 1. The van der Waals surface area contributed by atoms with Crippen LogP contribution in [0, 0.1) is 0 Å². The number of anilines is 1. The van der Waals surface area contributed by atoms with Crippen LogP contribution in [-0.2, 0) is 26.2 Å². The number of hydrogen-bond acceptors (Lipinski definition) is 7. The molecule has 1 heterocycles. The summed E-state index contributed by atoms with van der Waals surface area (Å²) in [7, 11) is -2.65. The van der Waals surface area contributed by atoms with Crippen LogP contribution in [0.25, 0.3) is 0 Å². The van der Waals surface area contributed by atoms with Crippen molar-refractivity contribution in [3.63, 3.8) is 0 Å². The molecule has 0 aliphatic carbocycles. The molecule has 3 aromatic rings. The first-order valence-electron chi connectivity index (χ1n) is 14.4. The summed E-state index contributed by atoms with van der Waals surface area (Å²) in [5, 5.41) is 2.98. The number of ether oxygens (including phenoxy) is 3. The SMILES string of the molecule is CC[C@@H](C)NC(=O)[C@H](CC)N(Cc1cccc(OC)c1)C(=O)CN(c1ccc2c(c1)OCCO2)S(=O)(=O)c1ccccc1. The molecule has 4 rings (SSSR count). The van der Waals surface area contributed by atoms with Gasteiger partial charge in [0.15, 0.2) is 11.5 Å². The van der Waals surface area contributed by atoms with Crippen molar-refractivity contribution in [3.05, 3.63) is 78.4 Å². The fourth-order valence-electron chi connectivity index (χ4n) is 4.76. The van der Waals surface area contributed by atoms with Crippen LogP contribution in [0.1, 0.15) is 39.2 Å². The van der Waals surface area contributed by atoms with Gasteiger partial charge < -0.3 is 24.4 Å². The van der Waals surface area contributed by atoms with Crippen molar-refractivity contribution in [2.75, 3.05) is 31.2 Å². The third kappa shape index (κ3) is 7.59. The van der Waals surface area contributed by atoms with Gasteiger partial charge in [-0.2, -0.15) is 0 Å². The number of rotatable bonds is 13. The van der Waals surface area contributed by atoms with Crippen LogP contribution in [0.3, 0.4) is 0 Å². The molecule has 2 amide bonds. The molecule has 1 aliphatic rings. The van der Waals surface area contributed by atoms with E-state index in [-0.39, 0.29) is 29.1 Å². The molecule has 1 N–H and O–H groups in total. The second kappa shape index (κ2) is 14.3. The fraction of sp³-hybridized carbons (Fsp3) is 0.375. The van der Waals surface area contributed by atoms with Gasteiger partial charge in [-0.05, 0) is 61.7 Å². The first kappa shape index (κ1) is 31.7. The first-order chi connectivity index (χ1) is 20.7. The zero-order valence-corrected chi connectivity index (χ0v) is 25.8. The summed E-state index contributed by atoms with van der Waals surface area (Å²) in [5.74, 6) is 0.641. The molecule has 11 heteroatoms. The van der Waals surface area contributed by atoms with Crippen LogP contribution in [0.5, 0.6) is 17.2 Å². The van der Waals surface area contributed by atoms with Gasteiger partial charge in [0.1, 0.15) is 31.5 Å². The molecule has 0 spiro atoms. The Balaban J connectivity index is 1.76. The van der Waals surface area contributed by atoms with E-state index in [1.54, 1.807) is 61.7 Å². The molecule has 0 unspecified atom stereocenters. The average molecular weight is 610 g/mol. The molecular formula is C32H39N3O7S. The summed E-state index contributed by atoms with van der Waals surface area (Å²) in [4.78, 5) is 29.2. The lowest BCUT2D eigenvalue weighted by atomic mass is 10.1. The van der Waals surface area contributed by atoms with E-state index in [2.05, 4.69) is 5.32 Å². The highest BCUT2D eigenvalue weighted by Crippen LogP contribution is 2.36. The molecule has 0 saturated heterocycles. The van der Waals surface area contributed by atoms with Gasteiger partial charge in [-0.15, -0.1) is 0 Å². The van der Waals surface area contributed by atoms with Crippen molar-refractivity contribution in [1.29, 1.82) is 0 Å². The summed E-state index contributed by atoms with van der Waals surface area (Å²) in [6.07, 6.45) is 1.05. The quantitative estimate of drug-likeness (QED) is 0.306. The second-order valence-electron chi connectivity index (χ2n) is 10.3. The molecule has 230 valence electrons. The van der Waals surface area contributed by atoms with Gasteiger partial charge in [-0.1, -0.05) is 44.2 Å². The van der Waals surface area contributed by atoms with Crippen LogP contribution in [0.2, 0.25) is 0 Å². The van der Waals surface area contributed by atoms with Gasteiger partial charge in [-0.3, -0.25) is 13.9 Å². The predicted octanol–water partition coefficient (Wildman–Crippen LogP) is 4.38. The lowest BCUT2D eigenvalue weighted by Gasteiger charge is -2.34. The maximum atomic E-state index is 14.3. The minimum Gasteiger partial charge on any atom is -0.497 e. The molecule has 10 nitrogen and oxygen atoms in total. The summed E-state index contributed by atoms with van der Waals surface area (Å²) >= 11 is 0. The van der Waals surface area contributed by atoms with Gasteiger partial charge in [0, 0.05) is 18.7 Å². The van der Waals surface area contributed by atoms with Crippen molar-refractivity contribution in [2.45, 2.75) is 57.1 Å². The Hall–Kier alpha value is -4.25. The van der Waals surface area contributed by atoms with Crippen molar-refractivity contribution in [2.24, 2.45) is 0 Å². The zero-order chi connectivity index (χ0) is 31.0. The molecule has 0 radical (unpaired) electrons. The van der Waals surface area contributed by atoms with Crippen molar-refractivity contribution in [3.8, 4) is 17.2 Å².